The molecule has 1 aliphatic heterocycles. The second-order valence-corrected chi connectivity index (χ2v) is 6.82. The lowest BCUT2D eigenvalue weighted by Gasteiger charge is -2.13. The summed E-state index contributed by atoms with van der Waals surface area (Å²) in [6.45, 7) is 4.48. The van der Waals surface area contributed by atoms with Crippen LogP contribution in [0.25, 0.3) is 0 Å². The van der Waals surface area contributed by atoms with E-state index in [0.717, 1.165) is 17.7 Å². The van der Waals surface area contributed by atoms with E-state index >= 15 is 0 Å². The predicted molar refractivity (Wildman–Crippen MR) is 94.2 cm³/mol. The number of ether oxygens (including phenoxy) is 2. The van der Waals surface area contributed by atoms with Gasteiger partial charge in [-0.25, -0.2) is 4.68 Å². The maximum atomic E-state index is 12.3. The quantitative estimate of drug-likeness (QED) is 0.753. The number of carbonyl (C=O) groups is 1. The van der Waals surface area contributed by atoms with Crippen LogP contribution in [0, 0.1) is 0 Å². The number of fused-ring (bicyclic) bond motifs is 1. The number of aryl methyl sites for hydroxylation is 1. The Morgan fingerprint density at radius 2 is 2.36 bits per heavy atom. The highest BCUT2D eigenvalue weighted by Gasteiger charge is 2.22. The molecule has 1 aliphatic rings. The van der Waals surface area contributed by atoms with E-state index < -0.39 is 0 Å². The molecule has 0 bridgehead atoms. The van der Waals surface area contributed by atoms with Gasteiger partial charge >= 0.3 is 0 Å². The SMILES string of the molecule is CCOc1cc2c(cc1NC(=O)CCSc1nnnn1C)OC(C)C2. The summed E-state index contributed by atoms with van der Waals surface area (Å²) in [7, 11) is 1.77. The van der Waals surface area contributed by atoms with Gasteiger partial charge in [-0.15, -0.1) is 5.10 Å². The largest absolute Gasteiger partial charge is 0.492 e. The minimum Gasteiger partial charge on any atom is -0.492 e. The summed E-state index contributed by atoms with van der Waals surface area (Å²) in [5.74, 6) is 1.99. The minimum atomic E-state index is -0.0884. The molecule has 1 aromatic carbocycles. The lowest BCUT2D eigenvalue weighted by molar-refractivity contribution is -0.115. The number of thioether (sulfide) groups is 1. The molecular weight excluding hydrogens is 342 g/mol. The monoisotopic (exact) mass is 363 g/mol. The standard InChI is InChI=1S/C16H21N5O3S/c1-4-23-14-8-11-7-10(2)24-13(11)9-12(14)17-15(22)5-6-25-16-18-19-20-21(16)3/h8-10H,4-7H2,1-3H3,(H,17,22). The fourth-order valence-electron chi connectivity index (χ4n) is 2.60. The van der Waals surface area contributed by atoms with Gasteiger partial charge in [-0.05, 0) is 30.3 Å². The van der Waals surface area contributed by atoms with Gasteiger partial charge in [0.2, 0.25) is 11.1 Å². The first-order chi connectivity index (χ1) is 12.1. The van der Waals surface area contributed by atoms with E-state index in [9.17, 15) is 4.79 Å². The van der Waals surface area contributed by atoms with Gasteiger partial charge in [0.25, 0.3) is 0 Å². The second-order valence-electron chi connectivity index (χ2n) is 5.75. The van der Waals surface area contributed by atoms with Crippen LogP contribution in [0.1, 0.15) is 25.8 Å². The van der Waals surface area contributed by atoms with Crippen molar-refractivity contribution in [1.29, 1.82) is 0 Å². The topological polar surface area (TPSA) is 91.2 Å². The number of rotatable bonds is 7. The number of anilines is 1. The summed E-state index contributed by atoms with van der Waals surface area (Å²) in [4.78, 5) is 12.3. The van der Waals surface area contributed by atoms with Crippen molar-refractivity contribution in [3.63, 3.8) is 0 Å². The summed E-state index contributed by atoms with van der Waals surface area (Å²) < 4.78 is 13.0. The van der Waals surface area contributed by atoms with Gasteiger partial charge in [0.15, 0.2) is 0 Å². The first-order valence-corrected chi connectivity index (χ1v) is 9.16. The summed E-state index contributed by atoms with van der Waals surface area (Å²) in [5.41, 5.74) is 1.75. The molecule has 9 heteroatoms. The van der Waals surface area contributed by atoms with E-state index in [1.165, 1.54) is 11.8 Å². The van der Waals surface area contributed by atoms with Crippen LogP contribution in [0.4, 0.5) is 5.69 Å². The molecule has 2 aromatic rings. The molecule has 0 saturated heterocycles. The molecule has 1 amide bonds. The number of hydrogen-bond donors (Lipinski definition) is 1. The normalized spacial score (nSPS) is 15.6. The zero-order valence-electron chi connectivity index (χ0n) is 14.5. The number of hydrogen-bond acceptors (Lipinski definition) is 7. The van der Waals surface area contributed by atoms with Crippen LogP contribution in [-0.2, 0) is 18.3 Å². The molecule has 8 nitrogen and oxygen atoms in total. The molecule has 134 valence electrons. The average Bonchev–Trinajstić information content (AvgIpc) is 3.12. The smallest absolute Gasteiger partial charge is 0.225 e. The zero-order chi connectivity index (χ0) is 17.8. The van der Waals surface area contributed by atoms with Crippen LogP contribution in [0.5, 0.6) is 11.5 Å². The van der Waals surface area contributed by atoms with E-state index in [2.05, 4.69) is 20.8 Å². The third kappa shape index (κ3) is 4.22. The van der Waals surface area contributed by atoms with Crippen LogP contribution in [-0.4, -0.2) is 44.6 Å². The Balaban J connectivity index is 1.62. The maximum absolute atomic E-state index is 12.3. The second kappa shape index (κ2) is 7.73. The van der Waals surface area contributed by atoms with Gasteiger partial charge in [-0.1, -0.05) is 11.8 Å². The Kier molecular flexibility index (Phi) is 5.42. The average molecular weight is 363 g/mol. The third-order valence-corrected chi connectivity index (χ3v) is 4.73. The molecule has 0 spiro atoms. The minimum absolute atomic E-state index is 0.0884. The zero-order valence-corrected chi connectivity index (χ0v) is 15.3. The summed E-state index contributed by atoms with van der Waals surface area (Å²) >= 11 is 1.44. The number of tetrazole rings is 1. The van der Waals surface area contributed by atoms with Crippen molar-refractivity contribution in [2.45, 2.75) is 37.9 Å². The highest BCUT2D eigenvalue weighted by atomic mass is 32.2. The van der Waals surface area contributed by atoms with Crippen LogP contribution < -0.4 is 14.8 Å². The number of aromatic nitrogens is 4. The van der Waals surface area contributed by atoms with Gasteiger partial charge in [0.1, 0.15) is 17.6 Å². The molecule has 1 aromatic heterocycles. The van der Waals surface area contributed by atoms with Crippen LogP contribution >= 0.6 is 11.8 Å². The fraction of sp³-hybridized carbons (Fsp3) is 0.500. The van der Waals surface area contributed by atoms with E-state index in [4.69, 9.17) is 9.47 Å². The summed E-state index contributed by atoms with van der Waals surface area (Å²) in [5, 5.41) is 14.8. The molecular formula is C16H21N5O3S. The van der Waals surface area contributed by atoms with Crippen molar-refractivity contribution in [3.05, 3.63) is 17.7 Å². The van der Waals surface area contributed by atoms with Gasteiger partial charge in [0, 0.05) is 37.3 Å². The molecule has 1 atom stereocenters. The molecule has 0 radical (unpaired) electrons. The highest BCUT2D eigenvalue weighted by molar-refractivity contribution is 7.99. The fourth-order valence-corrected chi connectivity index (χ4v) is 3.39. The van der Waals surface area contributed by atoms with Crippen LogP contribution in [0.15, 0.2) is 17.3 Å². The Labute approximate surface area is 150 Å². The van der Waals surface area contributed by atoms with Crippen molar-refractivity contribution >= 4 is 23.4 Å². The van der Waals surface area contributed by atoms with Gasteiger partial charge in [-0.2, -0.15) is 0 Å². The molecule has 0 fully saturated rings. The molecule has 2 heterocycles. The molecule has 1 unspecified atom stereocenters. The van der Waals surface area contributed by atoms with Crippen molar-refractivity contribution in [2.75, 3.05) is 17.7 Å². The van der Waals surface area contributed by atoms with Gasteiger partial charge in [0.05, 0.1) is 12.3 Å². The van der Waals surface area contributed by atoms with Crippen molar-refractivity contribution < 1.29 is 14.3 Å². The van der Waals surface area contributed by atoms with E-state index in [-0.39, 0.29) is 12.0 Å². The number of amides is 1. The number of carbonyl (C=O) groups excluding carboxylic acids is 1. The van der Waals surface area contributed by atoms with E-state index in [0.29, 0.717) is 35.4 Å². The highest BCUT2D eigenvalue weighted by Crippen LogP contribution is 2.38. The Bertz CT molecular complexity index is 764. The molecule has 3 rings (SSSR count). The maximum Gasteiger partial charge on any atom is 0.225 e. The van der Waals surface area contributed by atoms with Crippen molar-refractivity contribution in [1.82, 2.24) is 20.2 Å². The Hall–Kier alpha value is -2.29. The number of nitrogens with one attached hydrogen (secondary N) is 1. The first kappa shape index (κ1) is 17.5. The van der Waals surface area contributed by atoms with Gasteiger partial charge < -0.3 is 14.8 Å². The molecule has 0 aliphatic carbocycles. The molecule has 0 saturated carbocycles. The van der Waals surface area contributed by atoms with E-state index in [1.807, 2.05) is 26.0 Å². The van der Waals surface area contributed by atoms with Crippen LogP contribution in [0.3, 0.4) is 0 Å². The predicted octanol–water partition coefficient (Wildman–Crippen LogP) is 2.05. The lowest BCUT2D eigenvalue weighted by atomic mass is 10.1. The third-order valence-electron chi connectivity index (χ3n) is 3.71. The van der Waals surface area contributed by atoms with Gasteiger partial charge in [-0.3, -0.25) is 4.79 Å². The lowest BCUT2D eigenvalue weighted by Crippen LogP contribution is -2.13. The Morgan fingerprint density at radius 1 is 1.52 bits per heavy atom. The summed E-state index contributed by atoms with van der Waals surface area (Å²) in [6.07, 6.45) is 1.34. The van der Waals surface area contributed by atoms with E-state index in [1.54, 1.807) is 11.7 Å². The molecule has 25 heavy (non-hydrogen) atoms. The van der Waals surface area contributed by atoms with Crippen LogP contribution in [0.2, 0.25) is 0 Å². The van der Waals surface area contributed by atoms with Crippen molar-refractivity contribution in [2.24, 2.45) is 7.05 Å². The molecule has 1 N–H and O–H groups in total. The van der Waals surface area contributed by atoms with Crippen molar-refractivity contribution in [3.8, 4) is 11.5 Å². The first-order valence-electron chi connectivity index (χ1n) is 8.18. The Morgan fingerprint density at radius 3 is 3.08 bits per heavy atom. The number of nitrogens with zero attached hydrogens (tertiary/aromatic N) is 4. The number of benzene rings is 1. The summed E-state index contributed by atoms with van der Waals surface area (Å²) in [6, 6.07) is 3.80.